The fraction of sp³-hybridized carbons (Fsp3) is 0.250. The molecule has 0 radical (unpaired) electrons. The number of nitrogens with two attached hydrogens (primary N) is 1. The van der Waals surface area contributed by atoms with Gasteiger partial charge in [0, 0.05) is 29.2 Å². The van der Waals surface area contributed by atoms with Crippen LogP contribution < -0.4 is 10.5 Å². The molecule has 4 heteroatoms. The van der Waals surface area contributed by atoms with Crippen molar-refractivity contribution in [2.45, 2.75) is 13.3 Å². The minimum absolute atomic E-state index is 0.597. The summed E-state index contributed by atoms with van der Waals surface area (Å²) in [7, 11) is 0. The quantitative estimate of drug-likeness (QED) is 0.884. The van der Waals surface area contributed by atoms with E-state index in [4.69, 9.17) is 10.5 Å². The molecule has 0 fully saturated rings. The number of hydrogen-bond donors (Lipinski definition) is 1. The molecule has 0 atom stereocenters. The van der Waals surface area contributed by atoms with Gasteiger partial charge in [-0.05, 0) is 23.9 Å². The summed E-state index contributed by atoms with van der Waals surface area (Å²) in [5.41, 5.74) is 7.47. The van der Waals surface area contributed by atoms with Crippen molar-refractivity contribution in [3.8, 4) is 5.88 Å². The highest BCUT2D eigenvalue weighted by Crippen LogP contribution is 2.16. The Hall–Kier alpha value is -1.55. The summed E-state index contributed by atoms with van der Waals surface area (Å²) in [5, 5.41) is 2.07. The third-order valence-electron chi connectivity index (χ3n) is 2.30. The number of ether oxygens (including phenoxy) is 1. The van der Waals surface area contributed by atoms with Gasteiger partial charge in [-0.3, -0.25) is 0 Å². The maximum Gasteiger partial charge on any atom is 0.215 e. The molecule has 2 rings (SSSR count). The van der Waals surface area contributed by atoms with Crippen LogP contribution in [0.3, 0.4) is 0 Å². The molecule has 2 N–H and O–H groups in total. The lowest BCUT2D eigenvalue weighted by Crippen LogP contribution is -2.02. The first-order valence-electron chi connectivity index (χ1n) is 5.13. The van der Waals surface area contributed by atoms with E-state index in [1.165, 1.54) is 4.88 Å². The van der Waals surface area contributed by atoms with Crippen molar-refractivity contribution in [3.63, 3.8) is 0 Å². The molecule has 2 aromatic rings. The van der Waals surface area contributed by atoms with Crippen LogP contribution in [0, 0.1) is 6.92 Å². The van der Waals surface area contributed by atoms with Crippen molar-refractivity contribution >= 4 is 17.0 Å². The summed E-state index contributed by atoms with van der Waals surface area (Å²) in [6.45, 7) is 2.56. The van der Waals surface area contributed by atoms with Crippen LogP contribution in [0.1, 0.15) is 10.4 Å². The van der Waals surface area contributed by atoms with E-state index in [1.54, 1.807) is 23.6 Å². The highest BCUT2D eigenvalue weighted by Gasteiger charge is 2.00. The summed E-state index contributed by atoms with van der Waals surface area (Å²) in [4.78, 5) is 5.48. The number of pyridine rings is 1. The SMILES string of the molecule is Cc1cnc(OCCc2cccs2)cc1N. The summed E-state index contributed by atoms with van der Waals surface area (Å²) < 4.78 is 5.53. The van der Waals surface area contributed by atoms with Crippen molar-refractivity contribution in [2.75, 3.05) is 12.3 Å². The van der Waals surface area contributed by atoms with Crippen LogP contribution in [0.15, 0.2) is 29.8 Å². The molecule has 0 unspecified atom stereocenters. The number of anilines is 1. The number of hydrogen-bond acceptors (Lipinski definition) is 4. The van der Waals surface area contributed by atoms with Gasteiger partial charge in [0.1, 0.15) is 0 Å². The van der Waals surface area contributed by atoms with Crippen LogP contribution in [0.2, 0.25) is 0 Å². The first kappa shape index (κ1) is 11.0. The van der Waals surface area contributed by atoms with Crippen LogP contribution in [0.25, 0.3) is 0 Å². The molecule has 0 aromatic carbocycles. The molecule has 0 spiro atoms. The van der Waals surface area contributed by atoms with Gasteiger partial charge in [-0.15, -0.1) is 11.3 Å². The van der Waals surface area contributed by atoms with E-state index in [9.17, 15) is 0 Å². The first-order valence-corrected chi connectivity index (χ1v) is 6.01. The largest absolute Gasteiger partial charge is 0.477 e. The maximum atomic E-state index is 5.77. The van der Waals surface area contributed by atoms with Gasteiger partial charge in [0.15, 0.2) is 0 Å². The molecule has 0 aliphatic heterocycles. The van der Waals surface area contributed by atoms with Crippen molar-refractivity contribution in [2.24, 2.45) is 0 Å². The van der Waals surface area contributed by atoms with E-state index in [2.05, 4.69) is 16.4 Å². The van der Waals surface area contributed by atoms with Crippen molar-refractivity contribution in [1.82, 2.24) is 4.98 Å². The van der Waals surface area contributed by atoms with Gasteiger partial charge >= 0.3 is 0 Å². The fourth-order valence-electron chi connectivity index (χ4n) is 1.31. The second-order valence-electron chi connectivity index (χ2n) is 3.56. The fourth-order valence-corrected chi connectivity index (χ4v) is 2.00. The molecule has 3 nitrogen and oxygen atoms in total. The topological polar surface area (TPSA) is 48.1 Å². The predicted octanol–water partition coefficient (Wildman–Crippen LogP) is 2.66. The summed E-state index contributed by atoms with van der Waals surface area (Å²) in [6, 6.07) is 5.91. The Labute approximate surface area is 98.9 Å². The Balaban J connectivity index is 1.87. The Bertz CT molecular complexity index is 454. The average Bonchev–Trinajstić information content (AvgIpc) is 2.76. The van der Waals surface area contributed by atoms with E-state index in [1.807, 2.05) is 13.0 Å². The van der Waals surface area contributed by atoms with Crippen molar-refractivity contribution in [3.05, 3.63) is 40.2 Å². The third-order valence-corrected chi connectivity index (χ3v) is 3.23. The number of nitrogens with zero attached hydrogens (tertiary/aromatic N) is 1. The Morgan fingerprint density at radius 1 is 1.50 bits per heavy atom. The van der Waals surface area contributed by atoms with E-state index < -0.39 is 0 Å². The molecule has 16 heavy (non-hydrogen) atoms. The highest BCUT2D eigenvalue weighted by atomic mass is 32.1. The Morgan fingerprint density at radius 3 is 3.06 bits per heavy atom. The van der Waals surface area contributed by atoms with Crippen LogP contribution >= 0.6 is 11.3 Å². The molecule has 0 saturated carbocycles. The minimum Gasteiger partial charge on any atom is -0.477 e. The second kappa shape index (κ2) is 4.99. The molecule has 0 aliphatic carbocycles. The van der Waals surface area contributed by atoms with E-state index >= 15 is 0 Å². The van der Waals surface area contributed by atoms with Gasteiger partial charge in [-0.25, -0.2) is 4.98 Å². The highest BCUT2D eigenvalue weighted by molar-refractivity contribution is 7.09. The predicted molar refractivity (Wildman–Crippen MR) is 66.9 cm³/mol. The summed E-state index contributed by atoms with van der Waals surface area (Å²) in [5.74, 6) is 0.597. The maximum absolute atomic E-state index is 5.77. The van der Waals surface area contributed by atoms with Gasteiger partial charge in [0.05, 0.1) is 6.61 Å². The molecule has 84 valence electrons. The molecular weight excluding hydrogens is 220 g/mol. The lowest BCUT2D eigenvalue weighted by molar-refractivity contribution is 0.310. The monoisotopic (exact) mass is 234 g/mol. The van der Waals surface area contributed by atoms with Gasteiger partial charge in [0.25, 0.3) is 0 Å². The van der Waals surface area contributed by atoms with Crippen molar-refractivity contribution < 1.29 is 4.74 Å². The molecule has 0 amide bonds. The van der Waals surface area contributed by atoms with E-state index in [0.29, 0.717) is 12.5 Å². The Kier molecular flexibility index (Phi) is 3.41. The molecule has 2 heterocycles. The molecule has 0 saturated heterocycles. The minimum atomic E-state index is 0.597. The summed E-state index contributed by atoms with van der Waals surface area (Å²) in [6.07, 6.45) is 2.64. The van der Waals surface area contributed by atoms with E-state index in [0.717, 1.165) is 17.7 Å². The zero-order valence-electron chi connectivity index (χ0n) is 9.14. The smallest absolute Gasteiger partial charge is 0.215 e. The molecule has 2 aromatic heterocycles. The third kappa shape index (κ3) is 2.73. The average molecular weight is 234 g/mol. The zero-order valence-corrected chi connectivity index (χ0v) is 9.96. The normalized spacial score (nSPS) is 10.3. The molecule has 0 aliphatic rings. The molecular formula is C12H14N2OS. The van der Waals surface area contributed by atoms with Crippen LogP contribution in [-0.2, 0) is 6.42 Å². The lowest BCUT2D eigenvalue weighted by Gasteiger charge is -2.06. The number of rotatable bonds is 4. The van der Waals surface area contributed by atoms with Gasteiger partial charge in [0.2, 0.25) is 5.88 Å². The van der Waals surface area contributed by atoms with Gasteiger partial charge in [-0.2, -0.15) is 0 Å². The first-order chi connectivity index (χ1) is 7.75. The van der Waals surface area contributed by atoms with Crippen LogP contribution in [0.5, 0.6) is 5.88 Å². The van der Waals surface area contributed by atoms with Gasteiger partial charge in [-0.1, -0.05) is 6.07 Å². The van der Waals surface area contributed by atoms with Crippen molar-refractivity contribution in [1.29, 1.82) is 0 Å². The van der Waals surface area contributed by atoms with Crippen LogP contribution in [0.4, 0.5) is 5.69 Å². The standard InChI is InChI=1S/C12H14N2OS/c1-9-8-14-12(7-11(9)13)15-5-4-10-3-2-6-16-10/h2-3,6-8H,4-5H2,1H3,(H2,13,14). The lowest BCUT2D eigenvalue weighted by atomic mass is 10.3. The van der Waals surface area contributed by atoms with Crippen LogP contribution in [-0.4, -0.2) is 11.6 Å². The van der Waals surface area contributed by atoms with Gasteiger partial charge < -0.3 is 10.5 Å². The molecule has 0 bridgehead atoms. The number of nitrogen functional groups attached to an aromatic ring is 1. The second-order valence-corrected chi connectivity index (χ2v) is 4.59. The number of thiophene rings is 1. The number of aryl methyl sites for hydroxylation is 1. The number of aromatic nitrogens is 1. The van der Waals surface area contributed by atoms with E-state index in [-0.39, 0.29) is 0 Å². The summed E-state index contributed by atoms with van der Waals surface area (Å²) >= 11 is 1.74. The Morgan fingerprint density at radius 2 is 2.38 bits per heavy atom. The zero-order chi connectivity index (χ0) is 11.4.